The van der Waals surface area contributed by atoms with Gasteiger partial charge in [0.2, 0.25) is 0 Å². The van der Waals surface area contributed by atoms with Crippen LogP contribution in [0.4, 0.5) is 5.82 Å². The fraction of sp³-hybridized carbons (Fsp3) is 0.500. The molecule has 1 N–H and O–H groups in total. The molecule has 0 aromatic carbocycles. The van der Waals surface area contributed by atoms with E-state index < -0.39 is 10.8 Å². The minimum absolute atomic E-state index is 0.190. The van der Waals surface area contributed by atoms with Gasteiger partial charge in [-0.3, -0.25) is 4.21 Å². The molecule has 0 aliphatic carbocycles. The molecule has 4 heteroatoms. The minimum Gasteiger partial charge on any atom is -0.367 e. The van der Waals surface area contributed by atoms with Crippen molar-refractivity contribution < 1.29 is 4.21 Å². The molecule has 0 fully saturated rings. The first-order valence-corrected chi connectivity index (χ1v) is 6.31. The van der Waals surface area contributed by atoms with Crippen LogP contribution in [-0.2, 0) is 10.8 Å². The topological polar surface area (TPSA) is 42.0 Å². The normalized spacial score (nSPS) is 14.8. The average molecular weight is 212 g/mol. The molecule has 1 rings (SSSR count). The Morgan fingerprint density at radius 3 is 2.86 bits per heavy atom. The largest absolute Gasteiger partial charge is 0.367 e. The van der Waals surface area contributed by atoms with Gasteiger partial charge in [-0.25, -0.2) is 4.98 Å². The Morgan fingerprint density at radius 2 is 2.29 bits per heavy atom. The predicted octanol–water partition coefficient (Wildman–Crippen LogP) is 1.57. The van der Waals surface area contributed by atoms with Crippen molar-refractivity contribution in [1.29, 1.82) is 0 Å². The summed E-state index contributed by atoms with van der Waals surface area (Å²) in [6.45, 7) is 3.96. The van der Waals surface area contributed by atoms with Crippen LogP contribution in [0.1, 0.15) is 12.6 Å². The van der Waals surface area contributed by atoms with Crippen molar-refractivity contribution in [2.75, 3.05) is 17.3 Å². The smallest absolute Gasteiger partial charge is 0.126 e. The van der Waals surface area contributed by atoms with Crippen LogP contribution in [0.3, 0.4) is 0 Å². The molecule has 0 aliphatic heterocycles. The Bertz CT molecular complexity index is 328. The molecule has 0 saturated carbocycles. The van der Waals surface area contributed by atoms with Crippen LogP contribution in [0.25, 0.3) is 0 Å². The SMILES string of the molecule is Cc1cccc(NC(C)CS(C)=O)n1. The summed E-state index contributed by atoms with van der Waals surface area (Å²) in [6, 6.07) is 6.02. The van der Waals surface area contributed by atoms with Crippen molar-refractivity contribution in [3.05, 3.63) is 23.9 Å². The maximum absolute atomic E-state index is 11.0. The predicted molar refractivity (Wildman–Crippen MR) is 61.0 cm³/mol. The molecule has 14 heavy (non-hydrogen) atoms. The van der Waals surface area contributed by atoms with Crippen LogP contribution in [0.15, 0.2) is 18.2 Å². The highest BCUT2D eigenvalue weighted by atomic mass is 32.2. The molecule has 0 amide bonds. The van der Waals surface area contributed by atoms with Crippen LogP contribution in [0, 0.1) is 6.92 Å². The molecule has 0 bridgehead atoms. The van der Waals surface area contributed by atoms with Gasteiger partial charge in [0.25, 0.3) is 0 Å². The van der Waals surface area contributed by atoms with Gasteiger partial charge >= 0.3 is 0 Å². The third kappa shape index (κ3) is 3.87. The second kappa shape index (κ2) is 5.10. The van der Waals surface area contributed by atoms with E-state index >= 15 is 0 Å². The fourth-order valence-corrected chi connectivity index (χ4v) is 2.06. The molecule has 1 heterocycles. The van der Waals surface area contributed by atoms with E-state index in [0.717, 1.165) is 11.5 Å². The van der Waals surface area contributed by atoms with Gasteiger partial charge in [-0.15, -0.1) is 0 Å². The maximum Gasteiger partial charge on any atom is 0.126 e. The van der Waals surface area contributed by atoms with E-state index in [4.69, 9.17) is 0 Å². The molecule has 3 nitrogen and oxygen atoms in total. The van der Waals surface area contributed by atoms with E-state index in [1.165, 1.54) is 0 Å². The summed E-state index contributed by atoms with van der Waals surface area (Å²) in [6.07, 6.45) is 1.71. The quantitative estimate of drug-likeness (QED) is 0.823. The lowest BCUT2D eigenvalue weighted by Gasteiger charge is -2.12. The monoisotopic (exact) mass is 212 g/mol. The Labute approximate surface area is 87.4 Å². The third-order valence-electron chi connectivity index (χ3n) is 1.77. The Morgan fingerprint density at radius 1 is 1.57 bits per heavy atom. The number of aryl methyl sites for hydroxylation is 1. The first-order valence-electron chi connectivity index (χ1n) is 4.58. The van der Waals surface area contributed by atoms with Crippen molar-refractivity contribution in [3.63, 3.8) is 0 Å². The zero-order valence-electron chi connectivity index (χ0n) is 8.78. The second-order valence-electron chi connectivity index (χ2n) is 3.45. The Kier molecular flexibility index (Phi) is 4.07. The summed E-state index contributed by atoms with van der Waals surface area (Å²) in [7, 11) is -0.765. The van der Waals surface area contributed by atoms with E-state index in [-0.39, 0.29) is 6.04 Å². The van der Waals surface area contributed by atoms with Crippen molar-refractivity contribution >= 4 is 16.6 Å². The molecular formula is C10H16N2OS. The molecular weight excluding hydrogens is 196 g/mol. The van der Waals surface area contributed by atoms with Crippen LogP contribution in [-0.4, -0.2) is 27.2 Å². The first kappa shape index (κ1) is 11.2. The highest BCUT2D eigenvalue weighted by molar-refractivity contribution is 7.84. The molecule has 2 atom stereocenters. The highest BCUT2D eigenvalue weighted by Gasteiger charge is 2.04. The second-order valence-corrected chi connectivity index (χ2v) is 4.93. The zero-order valence-corrected chi connectivity index (χ0v) is 9.60. The van der Waals surface area contributed by atoms with Gasteiger partial charge < -0.3 is 5.32 Å². The molecule has 1 aromatic rings. The van der Waals surface area contributed by atoms with Gasteiger partial charge in [0.1, 0.15) is 5.82 Å². The summed E-state index contributed by atoms with van der Waals surface area (Å²) >= 11 is 0. The average Bonchev–Trinajstić information content (AvgIpc) is 2.01. The van der Waals surface area contributed by atoms with Crippen LogP contribution >= 0.6 is 0 Å². The number of hydrogen-bond acceptors (Lipinski definition) is 3. The number of aromatic nitrogens is 1. The Balaban J connectivity index is 2.55. The summed E-state index contributed by atoms with van der Waals surface area (Å²) < 4.78 is 11.0. The van der Waals surface area contributed by atoms with Crippen molar-refractivity contribution in [2.45, 2.75) is 19.9 Å². The molecule has 78 valence electrons. The molecule has 0 aliphatic rings. The van der Waals surface area contributed by atoms with Crippen molar-refractivity contribution in [1.82, 2.24) is 4.98 Å². The highest BCUT2D eigenvalue weighted by Crippen LogP contribution is 2.05. The van der Waals surface area contributed by atoms with Gasteiger partial charge in [-0.1, -0.05) is 6.07 Å². The molecule has 0 radical (unpaired) electrons. The van der Waals surface area contributed by atoms with Gasteiger partial charge in [0.05, 0.1) is 0 Å². The number of nitrogens with zero attached hydrogens (tertiary/aromatic N) is 1. The van der Waals surface area contributed by atoms with Gasteiger partial charge in [-0.2, -0.15) is 0 Å². The van der Waals surface area contributed by atoms with Gasteiger partial charge in [-0.05, 0) is 26.0 Å². The summed E-state index contributed by atoms with van der Waals surface area (Å²) in [4.78, 5) is 4.31. The van der Waals surface area contributed by atoms with E-state index in [1.807, 2.05) is 32.0 Å². The molecule has 1 aromatic heterocycles. The lowest BCUT2D eigenvalue weighted by atomic mass is 10.3. The summed E-state index contributed by atoms with van der Waals surface area (Å²) in [5, 5.41) is 3.21. The third-order valence-corrected chi connectivity index (χ3v) is 2.74. The van der Waals surface area contributed by atoms with Crippen LogP contribution in [0.2, 0.25) is 0 Å². The van der Waals surface area contributed by atoms with E-state index in [1.54, 1.807) is 6.26 Å². The van der Waals surface area contributed by atoms with Crippen LogP contribution < -0.4 is 5.32 Å². The lowest BCUT2D eigenvalue weighted by molar-refractivity contribution is 0.683. The molecule has 0 spiro atoms. The fourth-order valence-electron chi connectivity index (χ4n) is 1.27. The maximum atomic E-state index is 11.0. The van der Waals surface area contributed by atoms with Gasteiger partial charge in [0.15, 0.2) is 0 Å². The first-order chi connectivity index (χ1) is 6.58. The summed E-state index contributed by atoms with van der Waals surface area (Å²) in [5.74, 6) is 1.50. The lowest BCUT2D eigenvalue weighted by Crippen LogP contribution is -2.22. The Hall–Kier alpha value is -0.900. The molecule has 0 saturated heterocycles. The number of pyridine rings is 1. The van der Waals surface area contributed by atoms with Crippen molar-refractivity contribution in [2.24, 2.45) is 0 Å². The number of nitrogens with one attached hydrogen (secondary N) is 1. The van der Waals surface area contributed by atoms with E-state index in [0.29, 0.717) is 5.75 Å². The zero-order chi connectivity index (χ0) is 10.6. The number of rotatable bonds is 4. The van der Waals surface area contributed by atoms with Crippen molar-refractivity contribution in [3.8, 4) is 0 Å². The van der Waals surface area contributed by atoms with Crippen LogP contribution in [0.5, 0.6) is 0 Å². The van der Waals surface area contributed by atoms with Gasteiger partial charge in [0, 0.05) is 34.5 Å². The van der Waals surface area contributed by atoms with E-state index in [9.17, 15) is 4.21 Å². The summed E-state index contributed by atoms with van der Waals surface area (Å²) in [5.41, 5.74) is 0.986. The number of anilines is 1. The standard InChI is InChI=1S/C10H16N2OS/c1-8-5-4-6-10(11-8)12-9(2)7-14(3)13/h4-6,9H,7H2,1-3H3,(H,11,12). The van der Waals surface area contributed by atoms with E-state index in [2.05, 4.69) is 10.3 Å². The number of hydrogen-bond donors (Lipinski definition) is 1. The molecule has 2 unspecified atom stereocenters. The minimum atomic E-state index is -0.765.